The normalized spacial score (nSPS) is 19.4. The molecule has 26 heavy (non-hydrogen) atoms. The van der Waals surface area contributed by atoms with Crippen LogP contribution in [0.5, 0.6) is 0 Å². The summed E-state index contributed by atoms with van der Waals surface area (Å²) >= 11 is 6.22. The smallest absolute Gasteiger partial charge is 0.260 e. The number of amides is 1. The highest BCUT2D eigenvalue weighted by Gasteiger charge is 2.34. The monoisotopic (exact) mass is 371 g/mol. The number of aromatic nitrogens is 1. The lowest BCUT2D eigenvalue weighted by Crippen LogP contribution is -2.45. The van der Waals surface area contributed by atoms with Gasteiger partial charge in [-0.3, -0.25) is 14.6 Å². The molecule has 0 saturated carbocycles. The van der Waals surface area contributed by atoms with Gasteiger partial charge in [-0.2, -0.15) is 0 Å². The van der Waals surface area contributed by atoms with Gasteiger partial charge in [0, 0.05) is 35.1 Å². The molecule has 2 aliphatic rings. The number of benzene rings is 1. The number of carbonyl (C=O) groups excluding carboxylic acids is 1. The molecule has 4 rings (SSSR count). The summed E-state index contributed by atoms with van der Waals surface area (Å²) in [6, 6.07) is 7.73. The lowest BCUT2D eigenvalue weighted by molar-refractivity contribution is -0.113. The first kappa shape index (κ1) is 17.3. The Morgan fingerprint density at radius 1 is 1.23 bits per heavy atom. The summed E-state index contributed by atoms with van der Waals surface area (Å²) in [6.45, 7) is 7.71. The Kier molecular flexibility index (Phi) is 4.61. The topological polar surface area (TPSA) is 48.6 Å². The molecule has 3 heterocycles. The molecule has 0 aliphatic carbocycles. The standard InChI is InChI=1S/C20H22ClN3O2/c1-13-9-14(2)22-18(13)11-17-16-10-15(21)3-4-19(16)24(20(17)25)12-23-5-7-26-8-6-23/h3-4,9-11,22H,5-8,12H2,1-2H3/b17-11-. The third-order valence-corrected chi connectivity index (χ3v) is 5.17. The van der Waals surface area contributed by atoms with E-state index in [1.54, 1.807) is 0 Å². The summed E-state index contributed by atoms with van der Waals surface area (Å²) < 4.78 is 5.41. The summed E-state index contributed by atoms with van der Waals surface area (Å²) in [5.41, 5.74) is 5.65. The van der Waals surface area contributed by atoms with Crippen molar-refractivity contribution in [3.63, 3.8) is 0 Å². The Hall–Kier alpha value is -2.08. The van der Waals surface area contributed by atoms with Crippen LogP contribution in [0.15, 0.2) is 24.3 Å². The van der Waals surface area contributed by atoms with Gasteiger partial charge in [0.2, 0.25) is 0 Å². The Labute approximate surface area is 158 Å². The molecule has 5 nitrogen and oxygen atoms in total. The Morgan fingerprint density at radius 3 is 2.69 bits per heavy atom. The van der Waals surface area contributed by atoms with Gasteiger partial charge in [-0.1, -0.05) is 11.6 Å². The van der Waals surface area contributed by atoms with Gasteiger partial charge in [0.15, 0.2) is 0 Å². The van der Waals surface area contributed by atoms with Gasteiger partial charge in [-0.05, 0) is 49.8 Å². The fraction of sp³-hybridized carbons (Fsp3) is 0.350. The molecule has 1 N–H and O–H groups in total. The third-order valence-electron chi connectivity index (χ3n) is 4.94. The zero-order chi connectivity index (χ0) is 18.3. The van der Waals surface area contributed by atoms with E-state index in [2.05, 4.69) is 16.0 Å². The van der Waals surface area contributed by atoms with Crippen LogP contribution in [-0.4, -0.2) is 48.8 Å². The van der Waals surface area contributed by atoms with Gasteiger partial charge in [0.05, 0.1) is 31.1 Å². The van der Waals surface area contributed by atoms with Crippen molar-refractivity contribution in [2.75, 3.05) is 37.9 Å². The summed E-state index contributed by atoms with van der Waals surface area (Å²) in [4.78, 5) is 20.6. The second-order valence-electron chi connectivity index (χ2n) is 6.87. The maximum atomic E-state index is 13.2. The highest BCUT2D eigenvalue weighted by atomic mass is 35.5. The Bertz CT molecular complexity index is 881. The van der Waals surface area contributed by atoms with E-state index in [9.17, 15) is 4.79 Å². The molecular formula is C20H22ClN3O2. The number of ether oxygens (including phenoxy) is 1. The number of anilines is 1. The summed E-state index contributed by atoms with van der Waals surface area (Å²) in [5.74, 6) is 0.0143. The predicted octanol–water partition coefficient (Wildman–Crippen LogP) is 3.46. The lowest BCUT2D eigenvalue weighted by atomic mass is 10.1. The van der Waals surface area contributed by atoms with E-state index >= 15 is 0 Å². The first-order chi connectivity index (χ1) is 12.5. The van der Waals surface area contributed by atoms with Gasteiger partial charge < -0.3 is 9.72 Å². The van der Waals surface area contributed by atoms with Crippen molar-refractivity contribution in [1.29, 1.82) is 0 Å². The molecule has 1 fully saturated rings. The highest BCUT2D eigenvalue weighted by Crippen LogP contribution is 2.39. The van der Waals surface area contributed by atoms with E-state index in [1.165, 1.54) is 0 Å². The minimum absolute atomic E-state index is 0.0143. The summed E-state index contributed by atoms with van der Waals surface area (Å²) in [6.07, 6.45) is 1.94. The van der Waals surface area contributed by atoms with Crippen molar-refractivity contribution in [2.24, 2.45) is 0 Å². The first-order valence-corrected chi connectivity index (χ1v) is 9.20. The van der Waals surface area contributed by atoms with E-state index in [-0.39, 0.29) is 5.91 Å². The van der Waals surface area contributed by atoms with Gasteiger partial charge in [0.1, 0.15) is 0 Å². The maximum absolute atomic E-state index is 13.2. The van der Waals surface area contributed by atoms with Gasteiger partial charge in [0.25, 0.3) is 5.91 Å². The van der Waals surface area contributed by atoms with Gasteiger partial charge >= 0.3 is 0 Å². The number of rotatable bonds is 3. The Morgan fingerprint density at radius 2 is 2.00 bits per heavy atom. The van der Waals surface area contributed by atoms with Crippen LogP contribution >= 0.6 is 11.6 Å². The Balaban J connectivity index is 1.73. The summed E-state index contributed by atoms with van der Waals surface area (Å²) in [5, 5.41) is 0.634. The molecule has 1 saturated heterocycles. The van der Waals surface area contributed by atoms with Crippen molar-refractivity contribution in [1.82, 2.24) is 9.88 Å². The van der Waals surface area contributed by atoms with E-state index < -0.39 is 0 Å². The lowest BCUT2D eigenvalue weighted by Gasteiger charge is -2.30. The molecule has 0 atom stereocenters. The van der Waals surface area contributed by atoms with Crippen LogP contribution in [-0.2, 0) is 9.53 Å². The van der Waals surface area contributed by atoms with E-state index in [4.69, 9.17) is 16.3 Å². The second-order valence-corrected chi connectivity index (χ2v) is 7.31. The molecule has 136 valence electrons. The van der Waals surface area contributed by atoms with Crippen molar-refractivity contribution in [3.8, 4) is 0 Å². The van der Waals surface area contributed by atoms with Crippen LogP contribution in [0.2, 0.25) is 5.02 Å². The zero-order valence-electron chi connectivity index (χ0n) is 15.0. The number of carbonyl (C=O) groups is 1. The van der Waals surface area contributed by atoms with Crippen LogP contribution in [0.25, 0.3) is 11.6 Å². The van der Waals surface area contributed by atoms with Crippen molar-refractivity contribution < 1.29 is 9.53 Å². The highest BCUT2D eigenvalue weighted by molar-refractivity contribution is 6.37. The quantitative estimate of drug-likeness (QED) is 0.840. The van der Waals surface area contributed by atoms with Crippen LogP contribution in [0.1, 0.15) is 22.5 Å². The van der Waals surface area contributed by atoms with Crippen LogP contribution in [0.3, 0.4) is 0 Å². The molecule has 0 bridgehead atoms. The predicted molar refractivity (Wildman–Crippen MR) is 104 cm³/mol. The third kappa shape index (κ3) is 3.18. The van der Waals surface area contributed by atoms with Crippen LogP contribution in [0, 0.1) is 13.8 Å². The number of H-pyrrole nitrogens is 1. The van der Waals surface area contributed by atoms with Crippen molar-refractivity contribution >= 4 is 34.8 Å². The van der Waals surface area contributed by atoms with Gasteiger partial charge in [-0.25, -0.2) is 0 Å². The van der Waals surface area contributed by atoms with E-state index in [0.717, 1.165) is 41.3 Å². The minimum Gasteiger partial charge on any atom is -0.379 e. The SMILES string of the molecule is Cc1cc(C)c(/C=C2\C(=O)N(CN3CCOCC3)c3ccc(Cl)cc32)[nH]1. The van der Waals surface area contributed by atoms with Gasteiger partial charge in [-0.15, -0.1) is 0 Å². The number of halogens is 1. The number of fused-ring (bicyclic) bond motifs is 1. The fourth-order valence-electron chi connectivity index (χ4n) is 3.60. The fourth-order valence-corrected chi connectivity index (χ4v) is 3.77. The maximum Gasteiger partial charge on any atom is 0.260 e. The summed E-state index contributed by atoms with van der Waals surface area (Å²) in [7, 11) is 0. The number of hydrogen-bond acceptors (Lipinski definition) is 3. The molecule has 1 aromatic carbocycles. The molecule has 2 aromatic rings. The zero-order valence-corrected chi connectivity index (χ0v) is 15.8. The molecule has 1 amide bonds. The largest absolute Gasteiger partial charge is 0.379 e. The van der Waals surface area contributed by atoms with Crippen molar-refractivity contribution in [2.45, 2.75) is 13.8 Å². The van der Waals surface area contributed by atoms with Crippen LogP contribution < -0.4 is 4.90 Å². The number of aromatic amines is 1. The molecule has 1 aromatic heterocycles. The number of aryl methyl sites for hydroxylation is 2. The molecule has 0 spiro atoms. The molecular weight excluding hydrogens is 350 g/mol. The van der Waals surface area contributed by atoms with E-state index in [0.29, 0.717) is 30.5 Å². The average Bonchev–Trinajstić information content (AvgIpc) is 3.07. The minimum atomic E-state index is 0.0143. The first-order valence-electron chi connectivity index (χ1n) is 8.83. The average molecular weight is 372 g/mol. The number of nitrogens with zero attached hydrogens (tertiary/aromatic N) is 2. The molecule has 6 heteroatoms. The van der Waals surface area contributed by atoms with Crippen molar-refractivity contribution in [3.05, 3.63) is 51.8 Å². The molecule has 0 unspecified atom stereocenters. The van der Waals surface area contributed by atoms with Crippen LogP contribution in [0.4, 0.5) is 5.69 Å². The number of hydrogen-bond donors (Lipinski definition) is 1. The molecule has 2 aliphatic heterocycles. The number of nitrogens with one attached hydrogen (secondary N) is 1. The second kappa shape index (κ2) is 6.91. The van der Waals surface area contributed by atoms with E-state index in [1.807, 2.05) is 43.0 Å². The molecule has 0 radical (unpaired) electrons. The number of morpholine rings is 1.